The zero-order chi connectivity index (χ0) is 25.8. The van der Waals surface area contributed by atoms with Gasteiger partial charge >= 0.3 is 0 Å². The summed E-state index contributed by atoms with van der Waals surface area (Å²) in [7, 11) is 0. The van der Waals surface area contributed by atoms with E-state index in [1.807, 2.05) is 0 Å². The zero-order valence-corrected chi connectivity index (χ0v) is 19.7. The molecule has 3 aromatic carbocycles. The predicted octanol–water partition coefficient (Wildman–Crippen LogP) is 4.03. The summed E-state index contributed by atoms with van der Waals surface area (Å²) in [5.74, 6) is -2.47. The van der Waals surface area contributed by atoms with E-state index in [9.17, 15) is 19.8 Å². The molecule has 0 bridgehead atoms. The van der Waals surface area contributed by atoms with Crippen LogP contribution in [-0.4, -0.2) is 39.3 Å². The lowest BCUT2D eigenvalue weighted by molar-refractivity contribution is 0.0943. The van der Waals surface area contributed by atoms with Gasteiger partial charge in [-0.05, 0) is 36.4 Å². The third-order valence-corrected chi connectivity index (χ3v) is 5.59. The Labute approximate surface area is 214 Å². The molecule has 182 valence electrons. The van der Waals surface area contributed by atoms with Crippen LogP contribution in [0.5, 0.6) is 11.5 Å². The van der Waals surface area contributed by atoms with E-state index in [0.29, 0.717) is 10.6 Å². The van der Waals surface area contributed by atoms with Gasteiger partial charge in [-0.15, -0.1) is 0 Å². The SMILES string of the molecule is N=C1O[C@H](c2ccc(Cl)cc2Cl)C(=N/NC(=O)c2ccccc2O)/C1=N\NC(=O)c1ccccc1O. The molecule has 5 N–H and O–H groups in total. The van der Waals surface area contributed by atoms with Crippen LogP contribution in [-0.2, 0) is 4.74 Å². The summed E-state index contributed by atoms with van der Waals surface area (Å²) in [5.41, 5.74) is 4.59. The van der Waals surface area contributed by atoms with Gasteiger partial charge in [0.25, 0.3) is 11.8 Å². The summed E-state index contributed by atoms with van der Waals surface area (Å²) in [4.78, 5) is 25.1. The van der Waals surface area contributed by atoms with Gasteiger partial charge in [0.05, 0.1) is 11.1 Å². The Bertz CT molecular complexity index is 1440. The normalized spacial score (nSPS) is 17.2. The zero-order valence-electron chi connectivity index (χ0n) is 18.2. The van der Waals surface area contributed by atoms with Crippen molar-refractivity contribution in [2.75, 3.05) is 0 Å². The number of nitrogens with one attached hydrogen (secondary N) is 3. The molecular formula is C24H17Cl2N5O5. The van der Waals surface area contributed by atoms with Gasteiger partial charge in [-0.25, -0.2) is 10.9 Å². The first-order valence-corrected chi connectivity index (χ1v) is 11.0. The molecule has 0 spiro atoms. The molecule has 3 aromatic rings. The maximum Gasteiger partial charge on any atom is 0.275 e. The minimum atomic E-state index is -1.08. The van der Waals surface area contributed by atoms with Crippen LogP contribution in [0.4, 0.5) is 0 Å². The van der Waals surface area contributed by atoms with Crippen LogP contribution in [0.25, 0.3) is 0 Å². The lowest BCUT2D eigenvalue weighted by atomic mass is 10.0. The number of phenolic OH excluding ortho intramolecular Hbond substituents is 2. The Hall–Kier alpha value is -4.41. The quantitative estimate of drug-likeness (QED) is 0.318. The number of rotatable bonds is 5. The fourth-order valence-corrected chi connectivity index (χ4v) is 3.79. The van der Waals surface area contributed by atoms with Crippen LogP contribution in [0.15, 0.2) is 76.9 Å². The van der Waals surface area contributed by atoms with Gasteiger partial charge in [0.1, 0.15) is 17.2 Å². The second-order valence-electron chi connectivity index (χ2n) is 7.37. The highest BCUT2D eigenvalue weighted by Crippen LogP contribution is 2.33. The van der Waals surface area contributed by atoms with Crippen molar-refractivity contribution in [2.45, 2.75) is 6.10 Å². The number of phenols is 2. The van der Waals surface area contributed by atoms with Crippen molar-refractivity contribution in [1.82, 2.24) is 10.9 Å². The Morgan fingerprint density at radius 1 is 0.861 bits per heavy atom. The maximum atomic E-state index is 12.6. The first-order chi connectivity index (χ1) is 17.3. The number of aromatic hydroxyl groups is 2. The average molecular weight is 526 g/mol. The molecule has 0 aliphatic carbocycles. The van der Waals surface area contributed by atoms with Crippen LogP contribution in [0.1, 0.15) is 32.4 Å². The summed E-state index contributed by atoms with van der Waals surface area (Å²) in [6, 6.07) is 16.3. The summed E-state index contributed by atoms with van der Waals surface area (Å²) in [5, 5.41) is 36.7. The number of carbonyl (C=O) groups is 2. The van der Waals surface area contributed by atoms with Gasteiger partial charge in [-0.1, -0.05) is 53.5 Å². The van der Waals surface area contributed by atoms with E-state index in [0.717, 1.165) is 0 Å². The highest BCUT2D eigenvalue weighted by molar-refractivity contribution is 6.69. The summed E-state index contributed by atoms with van der Waals surface area (Å²) in [6.45, 7) is 0. The van der Waals surface area contributed by atoms with Crippen LogP contribution in [0, 0.1) is 5.41 Å². The molecule has 0 unspecified atom stereocenters. The number of hydrazone groups is 2. The number of amides is 2. The molecule has 4 rings (SSSR count). The molecule has 2 amide bonds. The highest BCUT2D eigenvalue weighted by Gasteiger charge is 2.39. The van der Waals surface area contributed by atoms with Crippen LogP contribution >= 0.6 is 23.2 Å². The van der Waals surface area contributed by atoms with Gasteiger partial charge in [-0.3, -0.25) is 15.0 Å². The van der Waals surface area contributed by atoms with Crippen molar-refractivity contribution in [3.63, 3.8) is 0 Å². The standard InChI is InChI=1S/C24H17Cl2N5O5/c25-12-9-10-13(16(26)11-12)21-19(28-30-23(34)14-5-1-3-7-17(14)32)20(22(27)36-21)29-31-24(35)15-6-2-4-8-18(15)33/h1-11,21,27,32-33H,(H,30,34)(H,31,35)/b27-22?,28-19+,29-20+/t21-/m1/s1. The molecule has 1 heterocycles. The topological polar surface area (TPSA) is 156 Å². The third-order valence-electron chi connectivity index (χ3n) is 5.03. The number of halogens is 2. The third kappa shape index (κ3) is 5.14. The van der Waals surface area contributed by atoms with E-state index < -0.39 is 23.8 Å². The number of nitrogens with zero attached hydrogens (tertiary/aromatic N) is 2. The molecule has 0 radical (unpaired) electrons. The van der Waals surface area contributed by atoms with Crippen LogP contribution in [0.3, 0.4) is 0 Å². The van der Waals surface area contributed by atoms with Crippen molar-refractivity contribution in [2.24, 2.45) is 10.2 Å². The molecule has 1 fully saturated rings. The molecule has 12 heteroatoms. The van der Waals surface area contributed by atoms with E-state index in [1.54, 1.807) is 36.4 Å². The molecule has 1 atom stereocenters. The Balaban J connectivity index is 1.70. The Kier molecular flexibility index (Phi) is 7.18. The summed E-state index contributed by atoms with van der Waals surface area (Å²) in [6.07, 6.45) is -1.08. The molecule has 1 aliphatic rings. The molecule has 0 saturated carbocycles. The fraction of sp³-hybridized carbons (Fsp3) is 0.0417. The number of benzene rings is 3. The average Bonchev–Trinajstić information content (AvgIpc) is 3.16. The van der Waals surface area contributed by atoms with E-state index in [1.165, 1.54) is 30.3 Å². The first kappa shape index (κ1) is 24.7. The maximum absolute atomic E-state index is 12.6. The highest BCUT2D eigenvalue weighted by atomic mass is 35.5. The van der Waals surface area contributed by atoms with Crippen molar-refractivity contribution < 1.29 is 24.5 Å². The van der Waals surface area contributed by atoms with E-state index in [4.69, 9.17) is 33.3 Å². The minimum absolute atomic E-state index is 0.0386. The largest absolute Gasteiger partial charge is 0.507 e. The van der Waals surface area contributed by atoms with Gasteiger partial charge in [-0.2, -0.15) is 10.2 Å². The number of ether oxygens (including phenoxy) is 1. The molecular weight excluding hydrogens is 509 g/mol. The molecule has 1 saturated heterocycles. The predicted molar refractivity (Wildman–Crippen MR) is 134 cm³/mol. The van der Waals surface area contributed by atoms with Gasteiger partial charge < -0.3 is 14.9 Å². The van der Waals surface area contributed by atoms with Crippen molar-refractivity contribution >= 4 is 52.3 Å². The smallest absolute Gasteiger partial charge is 0.275 e. The fourth-order valence-electron chi connectivity index (χ4n) is 3.28. The minimum Gasteiger partial charge on any atom is -0.507 e. The molecule has 36 heavy (non-hydrogen) atoms. The van der Waals surface area contributed by atoms with Crippen molar-refractivity contribution in [3.8, 4) is 11.5 Å². The van der Waals surface area contributed by atoms with E-state index >= 15 is 0 Å². The molecule has 10 nitrogen and oxygen atoms in total. The van der Waals surface area contributed by atoms with E-state index in [-0.39, 0.29) is 39.1 Å². The summed E-state index contributed by atoms with van der Waals surface area (Å²) < 4.78 is 5.61. The van der Waals surface area contributed by atoms with Gasteiger partial charge in [0.2, 0.25) is 5.90 Å². The lowest BCUT2D eigenvalue weighted by Gasteiger charge is -2.13. The monoisotopic (exact) mass is 525 g/mol. The lowest BCUT2D eigenvalue weighted by Crippen LogP contribution is -2.28. The molecule has 1 aliphatic heterocycles. The molecule has 0 aromatic heterocycles. The van der Waals surface area contributed by atoms with Crippen molar-refractivity contribution in [3.05, 3.63) is 93.5 Å². The number of hydrogen-bond donors (Lipinski definition) is 5. The number of hydrogen-bond acceptors (Lipinski definition) is 8. The Morgan fingerprint density at radius 3 is 1.97 bits per heavy atom. The second kappa shape index (κ2) is 10.5. The number of para-hydroxylation sites is 2. The second-order valence-corrected chi connectivity index (χ2v) is 8.21. The Morgan fingerprint density at radius 2 is 1.42 bits per heavy atom. The van der Waals surface area contributed by atoms with Crippen molar-refractivity contribution in [1.29, 1.82) is 5.41 Å². The van der Waals surface area contributed by atoms with Gasteiger partial charge in [0.15, 0.2) is 11.8 Å². The first-order valence-electron chi connectivity index (χ1n) is 10.3. The van der Waals surface area contributed by atoms with Crippen LogP contribution in [0.2, 0.25) is 10.0 Å². The van der Waals surface area contributed by atoms with Crippen LogP contribution < -0.4 is 10.9 Å². The number of carbonyl (C=O) groups excluding carboxylic acids is 2. The van der Waals surface area contributed by atoms with Gasteiger partial charge in [0, 0.05) is 15.6 Å². The summed E-state index contributed by atoms with van der Waals surface area (Å²) >= 11 is 12.3. The van der Waals surface area contributed by atoms with E-state index in [2.05, 4.69) is 21.1 Å².